The Morgan fingerprint density at radius 3 is 2.62 bits per heavy atom. The first-order valence-electron chi connectivity index (χ1n) is 6.06. The van der Waals surface area contributed by atoms with E-state index in [9.17, 15) is 4.79 Å². The second kappa shape index (κ2) is 4.00. The van der Waals surface area contributed by atoms with Crippen molar-refractivity contribution in [3.05, 3.63) is 0 Å². The largest absolute Gasteiger partial charge is 0.369 e. The summed E-state index contributed by atoms with van der Waals surface area (Å²) >= 11 is 0. The van der Waals surface area contributed by atoms with Crippen LogP contribution < -0.4 is 5.73 Å². The predicted molar refractivity (Wildman–Crippen MR) is 61.9 cm³/mol. The minimum Gasteiger partial charge on any atom is -0.369 e. The van der Waals surface area contributed by atoms with Crippen LogP contribution in [0.25, 0.3) is 0 Å². The summed E-state index contributed by atoms with van der Waals surface area (Å²) in [5.41, 5.74) is 5.35. The van der Waals surface area contributed by atoms with Gasteiger partial charge in [0.05, 0.1) is 0 Å². The van der Waals surface area contributed by atoms with E-state index in [1.54, 1.807) is 7.11 Å². The molecule has 2 rings (SSSR count). The Hall–Kier alpha value is -0.610. The average molecular weight is 226 g/mol. The van der Waals surface area contributed by atoms with Crippen LogP contribution in [-0.4, -0.2) is 42.6 Å². The van der Waals surface area contributed by atoms with Crippen LogP contribution in [0.4, 0.5) is 0 Å². The Labute approximate surface area is 97.1 Å². The van der Waals surface area contributed by atoms with Gasteiger partial charge in [0.2, 0.25) is 0 Å². The van der Waals surface area contributed by atoms with Gasteiger partial charge < -0.3 is 15.4 Å². The molecule has 2 fully saturated rings. The normalized spacial score (nSPS) is 34.2. The quantitative estimate of drug-likeness (QED) is 0.750. The molecule has 1 amide bonds. The minimum atomic E-state index is -0.706. The van der Waals surface area contributed by atoms with E-state index in [0.29, 0.717) is 11.8 Å². The number of methoxy groups -OCH3 is 1. The number of hydrogen-bond acceptors (Lipinski definition) is 3. The average Bonchev–Trinajstić information content (AvgIpc) is 2.80. The number of fused-ring (bicyclic) bond motifs is 1. The number of hydrogen-bond donors (Lipinski definition) is 1. The molecule has 4 heteroatoms. The Balaban J connectivity index is 2.02. The van der Waals surface area contributed by atoms with Crippen molar-refractivity contribution in [2.45, 2.75) is 38.3 Å². The van der Waals surface area contributed by atoms with Gasteiger partial charge in [-0.05, 0) is 38.5 Å². The molecule has 1 saturated carbocycles. The molecule has 2 N–H and O–H groups in total. The molecule has 0 radical (unpaired) electrons. The van der Waals surface area contributed by atoms with E-state index in [2.05, 4.69) is 0 Å². The molecule has 1 heterocycles. The van der Waals surface area contributed by atoms with Gasteiger partial charge >= 0.3 is 0 Å². The summed E-state index contributed by atoms with van der Waals surface area (Å²) < 4.78 is 5.24. The highest BCUT2D eigenvalue weighted by Crippen LogP contribution is 2.37. The molecule has 92 valence electrons. The molecule has 1 aliphatic heterocycles. The summed E-state index contributed by atoms with van der Waals surface area (Å²) in [7, 11) is 1.58. The number of carbonyl (C=O) groups excluding carboxylic acids is 1. The maximum Gasteiger partial charge on any atom is 0.254 e. The van der Waals surface area contributed by atoms with E-state index < -0.39 is 5.60 Å². The lowest BCUT2D eigenvalue weighted by atomic mass is 9.98. The van der Waals surface area contributed by atoms with Gasteiger partial charge in [-0.3, -0.25) is 4.79 Å². The molecule has 16 heavy (non-hydrogen) atoms. The van der Waals surface area contributed by atoms with Gasteiger partial charge in [-0.15, -0.1) is 0 Å². The first-order valence-corrected chi connectivity index (χ1v) is 6.06. The third-order valence-electron chi connectivity index (χ3n) is 4.22. The molecule has 0 bridgehead atoms. The number of carbonyl (C=O) groups is 1. The van der Waals surface area contributed by atoms with Crippen molar-refractivity contribution < 1.29 is 9.53 Å². The van der Waals surface area contributed by atoms with E-state index >= 15 is 0 Å². The molecule has 1 aliphatic carbocycles. The van der Waals surface area contributed by atoms with Crippen molar-refractivity contribution in [1.82, 2.24) is 4.90 Å². The van der Waals surface area contributed by atoms with Crippen LogP contribution >= 0.6 is 0 Å². The fourth-order valence-corrected chi connectivity index (χ4v) is 2.94. The maximum absolute atomic E-state index is 12.2. The maximum atomic E-state index is 12.2. The number of ether oxygens (including phenoxy) is 1. The minimum absolute atomic E-state index is 0.0941. The van der Waals surface area contributed by atoms with Crippen LogP contribution in [0.2, 0.25) is 0 Å². The van der Waals surface area contributed by atoms with Crippen molar-refractivity contribution in [2.75, 3.05) is 20.2 Å². The SMILES string of the molecule is COC(C)(C)C(=O)N1CC2CCC(N)C2C1. The molecule has 0 aromatic heterocycles. The summed E-state index contributed by atoms with van der Waals surface area (Å²) in [6, 6.07) is 0.286. The highest BCUT2D eigenvalue weighted by atomic mass is 16.5. The number of likely N-dealkylation sites (tertiary alicyclic amines) is 1. The number of nitrogens with two attached hydrogens (primary N) is 1. The van der Waals surface area contributed by atoms with Gasteiger partial charge in [0.15, 0.2) is 0 Å². The molecular formula is C12H22N2O2. The van der Waals surface area contributed by atoms with E-state index in [0.717, 1.165) is 19.5 Å². The topological polar surface area (TPSA) is 55.6 Å². The van der Waals surface area contributed by atoms with Gasteiger partial charge in [-0.1, -0.05) is 0 Å². The van der Waals surface area contributed by atoms with E-state index in [4.69, 9.17) is 10.5 Å². The number of rotatable bonds is 2. The fraction of sp³-hybridized carbons (Fsp3) is 0.917. The van der Waals surface area contributed by atoms with E-state index in [1.807, 2.05) is 18.7 Å². The van der Waals surface area contributed by atoms with E-state index in [1.165, 1.54) is 6.42 Å². The van der Waals surface area contributed by atoms with Crippen molar-refractivity contribution in [3.8, 4) is 0 Å². The third kappa shape index (κ3) is 1.84. The Kier molecular flexibility index (Phi) is 2.97. The Morgan fingerprint density at radius 2 is 2.06 bits per heavy atom. The second-order valence-corrected chi connectivity index (χ2v) is 5.59. The van der Waals surface area contributed by atoms with Crippen LogP contribution in [0.1, 0.15) is 26.7 Å². The first kappa shape index (κ1) is 11.9. The monoisotopic (exact) mass is 226 g/mol. The summed E-state index contributed by atoms with van der Waals surface area (Å²) in [5, 5.41) is 0. The zero-order chi connectivity index (χ0) is 11.9. The highest BCUT2D eigenvalue weighted by Gasteiger charge is 2.45. The van der Waals surface area contributed by atoms with Crippen LogP contribution in [0.5, 0.6) is 0 Å². The molecule has 3 atom stereocenters. The van der Waals surface area contributed by atoms with Gasteiger partial charge in [-0.25, -0.2) is 0 Å². The Morgan fingerprint density at radius 1 is 1.38 bits per heavy atom. The molecule has 0 aromatic carbocycles. The second-order valence-electron chi connectivity index (χ2n) is 5.59. The van der Waals surface area contributed by atoms with Crippen molar-refractivity contribution in [1.29, 1.82) is 0 Å². The van der Waals surface area contributed by atoms with Crippen LogP contribution in [0.15, 0.2) is 0 Å². The van der Waals surface area contributed by atoms with Gasteiger partial charge in [-0.2, -0.15) is 0 Å². The highest BCUT2D eigenvalue weighted by molar-refractivity contribution is 5.84. The smallest absolute Gasteiger partial charge is 0.254 e. The third-order valence-corrected chi connectivity index (χ3v) is 4.22. The lowest BCUT2D eigenvalue weighted by Crippen LogP contribution is -2.46. The molecule has 2 aliphatic rings. The van der Waals surface area contributed by atoms with Gasteiger partial charge in [0, 0.05) is 26.2 Å². The molecule has 0 aromatic rings. The standard InChI is InChI=1S/C12H22N2O2/c1-12(2,16-3)11(15)14-6-8-4-5-10(13)9(8)7-14/h8-10H,4-7,13H2,1-3H3. The molecule has 3 unspecified atom stereocenters. The van der Waals surface area contributed by atoms with E-state index in [-0.39, 0.29) is 11.9 Å². The predicted octanol–water partition coefficient (Wildman–Crippen LogP) is 0.607. The fourth-order valence-electron chi connectivity index (χ4n) is 2.94. The molecule has 4 nitrogen and oxygen atoms in total. The van der Waals surface area contributed by atoms with Crippen LogP contribution in [-0.2, 0) is 9.53 Å². The molecule has 1 saturated heterocycles. The van der Waals surface area contributed by atoms with Gasteiger partial charge in [0.25, 0.3) is 5.91 Å². The Bertz CT molecular complexity index is 291. The van der Waals surface area contributed by atoms with Crippen molar-refractivity contribution in [2.24, 2.45) is 17.6 Å². The van der Waals surface area contributed by atoms with Crippen molar-refractivity contribution in [3.63, 3.8) is 0 Å². The van der Waals surface area contributed by atoms with Crippen LogP contribution in [0, 0.1) is 11.8 Å². The van der Waals surface area contributed by atoms with Crippen molar-refractivity contribution >= 4 is 5.91 Å². The summed E-state index contributed by atoms with van der Waals surface area (Å²) in [6.07, 6.45) is 2.29. The summed E-state index contributed by atoms with van der Waals surface area (Å²) in [5.74, 6) is 1.22. The van der Waals surface area contributed by atoms with Crippen LogP contribution in [0.3, 0.4) is 0 Å². The number of nitrogens with zero attached hydrogens (tertiary/aromatic N) is 1. The first-order chi connectivity index (χ1) is 7.45. The summed E-state index contributed by atoms with van der Waals surface area (Å²) in [6.45, 7) is 5.33. The summed E-state index contributed by atoms with van der Waals surface area (Å²) in [4.78, 5) is 14.1. The van der Waals surface area contributed by atoms with Gasteiger partial charge in [0.1, 0.15) is 5.60 Å². The number of amides is 1. The lowest BCUT2D eigenvalue weighted by molar-refractivity contribution is -0.150. The lowest BCUT2D eigenvalue weighted by Gasteiger charge is -2.28. The molecular weight excluding hydrogens is 204 g/mol. The zero-order valence-electron chi connectivity index (χ0n) is 10.4. The molecule has 0 spiro atoms. The zero-order valence-corrected chi connectivity index (χ0v) is 10.4.